The Morgan fingerprint density at radius 3 is 2.41 bits per heavy atom. The maximum Gasteiger partial charge on any atom is 0.241 e. The Balaban J connectivity index is 1.74. The number of carbonyl (C=O) groups is 2. The third kappa shape index (κ3) is 5.04. The van der Waals surface area contributed by atoms with Crippen molar-refractivity contribution in [3.8, 4) is 0 Å². The summed E-state index contributed by atoms with van der Waals surface area (Å²) in [6, 6.07) is 14.8. The van der Waals surface area contributed by atoms with Crippen LogP contribution in [0.2, 0.25) is 0 Å². The molecule has 27 heavy (non-hydrogen) atoms. The van der Waals surface area contributed by atoms with Gasteiger partial charge in [0.25, 0.3) is 0 Å². The van der Waals surface area contributed by atoms with Gasteiger partial charge in [0.05, 0.1) is 11.7 Å². The van der Waals surface area contributed by atoms with Crippen LogP contribution in [0.25, 0.3) is 0 Å². The van der Waals surface area contributed by atoms with Crippen LogP contribution in [0.3, 0.4) is 0 Å². The summed E-state index contributed by atoms with van der Waals surface area (Å²) in [5, 5.41) is 6.39. The number of amides is 1. The van der Waals surface area contributed by atoms with Gasteiger partial charge in [-0.25, -0.2) is 0 Å². The first-order valence-corrected chi connectivity index (χ1v) is 9.82. The molecule has 0 aliphatic heterocycles. The summed E-state index contributed by atoms with van der Waals surface area (Å²) in [5.41, 5.74) is 2.70. The van der Waals surface area contributed by atoms with Crippen molar-refractivity contribution in [2.75, 3.05) is 5.32 Å². The maximum atomic E-state index is 12.9. The Bertz CT molecular complexity index is 795. The molecule has 4 nitrogen and oxygen atoms in total. The van der Waals surface area contributed by atoms with Crippen molar-refractivity contribution in [1.82, 2.24) is 5.32 Å². The van der Waals surface area contributed by atoms with Crippen molar-refractivity contribution < 1.29 is 9.59 Å². The first kappa shape index (κ1) is 19.3. The Labute approximate surface area is 161 Å². The van der Waals surface area contributed by atoms with Gasteiger partial charge in [-0.05, 0) is 38.8 Å². The van der Waals surface area contributed by atoms with Gasteiger partial charge in [0.2, 0.25) is 5.91 Å². The van der Waals surface area contributed by atoms with Crippen molar-refractivity contribution in [3.05, 3.63) is 65.2 Å². The van der Waals surface area contributed by atoms with E-state index in [4.69, 9.17) is 0 Å². The summed E-state index contributed by atoms with van der Waals surface area (Å²) in [5.74, 6) is -0.186. The van der Waals surface area contributed by atoms with E-state index in [1.54, 1.807) is 12.1 Å². The minimum atomic E-state index is -0.297. The van der Waals surface area contributed by atoms with Crippen molar-refractivity contribution in [1.29, 1.82) is 0 Å². The van der Waals surface area contributed by atoms with Gasteiger partial charge in [-0.2, -0.15) is 0 Å². The first-order chi connectivity index (χ1) is 13.0. The minimum absolute atomic E-state index is 0.0810. The average Bonchev–Trinajstić information content (AvgIpc) is 2.70. The largest absolute Gasteiger partial charge is 0.324 e. The number of anilines is 1. The zero-order chi connectivity index (χ0) is 19.2. The van der Waals surface area contributed by atoms with Crippen LogP contribution in [0, 0.1) is 6.92 Å². The third-order valence-corrected chi connectivity index (χ3v) is 5.20. The second-order valence-corrected chi connectivity index (χ2v) is 7.46. The number of ketones is 1. The fraction of sp³-hybridized carbons (Fsp3) is 0.391. The number of benzene rings is 2. The Hall–Kier alpha value is -2.46. The van der Waals surface area contributed by atoms with E-state index in [1.807, 2.05) is 50.2 Å². The zero-order valence-electron chi connectivity index (χ0n) is 16.1. The summed E-state index contributed by atoms with van der Waals surface area (Å²) in [6.45, 7) is 3.83. The Morgan fingerprint density at radius 2 is 1.70 bits per heavy atom. The van der Waals surface area contributed by atoms with Gasteiger partial charge in [-0.15, -0.1) is 0 Å². The van der Waals surface area contributed by atoms with E-state index >= 15 is 0 Å². The number of rotatable bonds is 6. The predicted molar refractivity (Wildman–Crippen MR) is 109 cm³/mol. The van der Waals surface area contributed by atoms with Crippen LogP contribution in [0.4, 0.5) is 5.69 Å². The molecule has 3 rings (SSSR count). The van der Waals surface area contributed by atoms with E-state index in [-0.39, 0.29) is 17.7 Å². The molecule has 142 valence electrons. The van der Waals surface area contributed by atoms with Crippen LogP contribution < -0.4 is 10.6 Å². The summed E-state index contributed by atoms with van der Waals surface area (Å²) < 4.78 is 0. The third-order valence-electron chi connectivity index (χ3n) is 5.20. The zero-order valence-corrected chi connectivity index (χ0v) is 16.1. The smallest absolute Gasteiger partial charge is 0.241 e. The number of hydrogen-bond donors (Lipinski definition) is 2. The fourth-order valence-electron chi connectivity index (χ4n) is 3.64. The lowest BCUT2D eigenvalue weighted by Crippen LogP contribution is -2.44. The second-order valence-electron chi connectivity index (χ2n) is 7.46. The summed E-state index contributed by atoms with van der Waals surface area (Å²) in [6.07, 6.45) is 5.98. The van der Waals surface area contributed by atoms with E-state index in [0.29, 0.717) is 22.9 Å². The molecule has 0 aromatic heterocycles. The molecular formula is C23H28N2O2. The minimum Gasteiger partial charge on any atom is -0.324 e. The van der Waals surface area contributed by atoms with Crippen LogP contribution in [-0.4, -0.2) is 23.8 Å². The lowest BCUT2D eigenvalue weighted by atomic mass is 9.95. The number of aryl methyl sites for hydroxylation is 1. The van der Waals surface area contributed by atoms with Crippen LogP contribution in [0.5, 0.6) is 0 Å². The highest BCUT2D eigenvalue weighted by Crippen LogP contribution is 2.22. The van der Waals surface area contributed by atoms with Crippen molar-refractivity contribution >= 4 is 17.4 Å². The normalized spacial score (nSPS) is 15.9. The van der Waals surface area contributed by atoms with Gasteiger partial charge in [0.1, 0.15) is 0 Å². The molecular weight excluding hydrogens is 336 g/mol. The molecule has 2 aromatic carbocycles. The van der Waals surface area contributed by atoms with Crippen molar-refractivity contribution in [2.45, 2.75) is 58.0 Å². The quantitative estimate of drug-likeness (QED) is 0.743. The molecule has 0 radical (unpaired) electrons. The molecule has 0 heterocycles. The van der Waals surface area contributed by atoms with E-state index < -0.39 is 0 Å². The molecule has 0 bridgehead atoms. The highest BCUT2D eigenvalue weighted by atomic mass is 16.2. The van der Waals surface area contributed by atoms with Gasteiger partial charge >= 0.3 is 0 Å². The molecule has 1 aliphatic rings. The summed E-state index contributed by atoms with van der Waals surface area (Å²) >= 11 is 0. The SMILES string of the molecule is Cc1ccc(NC(=O)C(C)NC2CCCCC2)c(C(=O)c2ccccc2)c1. The van der Waals surface area contributed by atoms with E-state index in [0.717, 1.165) is 18.4 Å². The van der Waals surface area contributed by atoms with E-state index in [1.165, 1.54) is 19.3 Å². The topological polar surface area (TPSA) is 58.2 Å². The molecule has 1 aliphatic carbocycles. The van der Waals surface area contributed by atoms with Crippen molar-refractivity contribution in [3.63, 3.8) is 0 Å². The molecule has 1 unspecified atom stereocenters. The number of hydrogen-bond acceptors (Lipinski definition) is 3. The molecule has 2 aromatic rings. The number of nitrogens with one attached hydrogen (secondary N) is 2. The van der Waals surface area contributed by atoms with Gasteiger partial charge in [0.15, 0.2) is 5.78 Å². The van der Waals surface area contributed by atoms with Crippen molar-refractivity contribution in [2.24, 2.45) is 0 Å². The molecule has 1 atom stereocenters. The number of carbonyl (C=O) groups excluding carboxylic acids is 2. The maximum absolute atomic E-state index is 12.9. The second kappa shape index (κ2) is 8.96. The highest BCUT2D eigenvalue weighted by molar-refractivity contribution is 6.14. The molecule has 1 fully saturated rings. The molecule has 2 N–H and O–H groups in total. The van der Waals surface area contributed by atoms with Crippen LogP contribution >= 0.6 is 0 Å². The Kier molecular flexibility index (Phi) is 6.40. The molecule has 4 heteroatoms. The highest BCUT2D eigenvalue weighted by Gasteiger charge is 2.21. The van der Waals surface area contributed by atoms with Gasteiger partial charge in [-0.1, -0.05) is 61.2 Å². The summed E-state index contributed by atoms with van der Waals surface area (Å²) in [7, 11) is 0. The van der Waals surface area contributed by atoms with Gasteiger partial charge < -0.3 is 10.6 Å². The van der Waals surface area contributed by atoms with E-state index in [2.05, 4.69) is 10.6 Å². The molecule has 0 saturated heterocycles. The molecule has 0 spiro atoms. The average molecular weight is 364 g/mol. The predicted octanol–water partition coefficient (Wildman–Crippen LogP) is 4.48. The molecule has 1 amide bonds. The van der Waals surface area contributed by atoms with Gasteiger partial charge in [0, 0.05) is 17.2 Å². The Morgan fingerprint density at radius 1 is 1.00 bits per heavy atom. The standard InChI is InChI=1S/C23H28N2O2/c1-16-13-14-21(20(15-16)22(26)18-9-5-3-6-10-18)25-23(27)17(2)24-19-11-7-4-8-12-19/h3,5-6,9-10,13-15,17,19,24H,4,7-8,11-12H2,1-2H3,(H,25,27). The molecule has 1 saturated carbocycles. The lowest BCUT2D eigenvalue weighted by Gasteiger charge is -2.26. The van der Waals surface area contributed by atoms with Gasteiger partial charge in [-0.3, -0.25) is 9.59 Å². The van der Waals surface area contributed by atoms with Crippen LogP contribution in [-0.2, 0) is 4.79 Å². The fourth-order valence-corrected chi connectivity index (χ4v) is 3.64. The summed E-state index contributed by atoms with van der Waals surface area (Å²) in [4.78, 5) is 25.6. The van der Waals surface area contributed by atoms with E-state index in [9.17, 15) is 9.59 Å². The van der Waals surface area contributed by atoms with Crippen LogP contribution in [0.15, 0.2) is 48.5 Å². The lowest BCUT2D eigenvalue weighted by molar-refractivity contribution is -0.118. The monoisotopic (exact) mass is 364 g/mol. The van der Waals surface area contributed by atoms with Crippen LogP contribution in [0.1, 0.15) is 60.5 Å². The first-order valence-electron chi connectivity index (χ1n) is 9.82.